The lowest BCUT2D eigenvalue weighted by Crippen LogP contribution is -2.46. The lowest BCUT2D eigenvalue weighted by molar-refractivity contribution is -0.129. The van der Waals surface area contributed by atoms with Crippen molar-refractivity contribution in [3.63, 3.8) is 0 Å². The van der Waals surface area contributed by atoms with Crippen molar-refractivity contribution in [2.75, 3.05) is 13.6 Å². The summed E-state index contributed by atoms with van der Waals surface area (Å²) in [6.45, 7) is 0.701. The molecule has 0 unspecified atom stereocenters. The van der Waals surface area contributed by atoms with Crippen LogP contribution in [0.4, 0.5) is 0 Å². The summed E-state index contributed by atoms with van der Waals surface area (Å²) in [5, 5.41) is 13.9. The van der Waals surface area contributed by atoms with E-state index in [1.54, 1.807) is 4.90 Å². The van der Waals surface area contributed by atoms with Crippen molar-refractivity contribution in [3.8, 4) is 5.75 Å². The van der Waals surface area contributed by atoms with Crippen molar-refractivity contribution in [2.45, 2.75) is 43.9 Å². The lowest BCUT2D eigenvalue weighted by Gasteiger charge is -2.42. The number of ether oxygens (including phenoxy) is 1. The Bertz CT molecular complexity index is 839. The van der Waals surface area contributed by atoms with E-state index in [0.717, 1.165) is 17.7 Å². The highest BCUT2D eigenvalue weighted by molar-refractivity contribution is 5.77. The van der Waals surface area contributed by atoms with Gasteiger partial charge in [-0.15, -0.1) is 5.10 Å². The number of likely N-dealkylation sites (tertiary alicyclic amines) is 1. The summed E-state index contributed by atoms with van der Waals surface area (Å²) in [6, 6.07) is 7.57. The maximum absolute atomic E-state index is 12.5. The van der Waals surface area contributed by atoms with Gasteiger partial charge in [0.05, 0.1) is 6.04 Å². The second kappa shape index (κ2) is 6.98. The van der Waals surface area contributed by atoms with Gasteiger partial charge in [-0.25, -0.2) is 4.68 Å². The third-order valence-electron chi connectivity index (χ3n) is 5.35. The van der Waals surface area contributed by atoms with E-state index in [9.17, 15) is 9.59 Å². The van der Waals surface area contributed by atoms with Crippen molar-refractivity contribution in [3.05, 3.63) is 36.2 Å². The number of amides is 2. The Balaban J connectivity index is 1.56. The number of hydrogen-bond donors (Lipinski definition) is 1. The average molecular weight is 370 g/mol. The molecule has 3 heterocycles. The molecule has 0 aliphatic carbocycles. The number of benzene rings is 1. The minimum absolute atomic E-state index is 0.0563. The quantitative estimate of drug-likeness (QED) is 0.853. The number of carbonyl (C=O) groups is 2. The van der Waals surface area contributed by atoms with E-state index in [2.05, 4.69) is 20.8 Å². The normalized spacial score (nSPS) is 24.9. The van der Waals surface area contributed by atoms with Crippen LogP contribution in [0.5, 0.6) is 5.75 Å². The maximum Gasteiger partial charge on any atom is 0.242 e. The number of para-hydroxylation sites is 1. The number of tetrazole rings is 1. The zero-order valence-electron chi connectivity index (χ0n) is 15.2. The molecule has 9 heteroatoms. The molecule has 142 valence electrons. The van der Waals surface area contributed by atoms with Crippen LogP contribution in [0.25, 0.3) is 0 Å². The maximum atomic E-state index is 12.5. The molecule has 2 aliphatic heterocycles. The molecule has 1 aromatic heterocycles. The first kappa shape index (κ1) is 17.4. The van der Waals surface area contributed by atoms with Crippen molar-refractivity contribution < 1.29 is 14.3 Å². The number of aromatic nitrogens is 4. The smallest absolute Gasteiger partial charge is 0.242 e. The van der Waals surface area contributed by atoms with Crippen molar-refractivity contribution in [1.29, 1.82) is 0 Å². The number of hydrogen-bond acceptors (Lipinski definition) is 6. The van der Waals surface area contributed by atoms with E-state index >= 15 is 0 Å². The molecule has 0 bridgehead atoms. The molecule has 27 heavy (non-hydrogen) atoms. The van der Waals surface area contributed by atoms with E-state index in [0.29, 0.717) is 25.8 Å². The van der Waals surface area contributed by atoms with Crippen LogP contribution in [0.2, 0.25) is 0 Å². The summed E-state index contributed by atoms with van der Waals surface area (Å²) < 4.78 is 7.77. The van der Waals surface area contributed by atoms with E-state index in [-0.39, 0.29) is 24.4 Å². The fourth-order valence-corrected chi connectivity index (χ4v) is 3.84. The van der Waals surface area contributed by atoms with E-state index in [4.69, 9.17) is 4.74 Å². The molecule has 1 fully saturated rings. The fourth-order valence-electron chi connectivity index (χ4n) is 3.84. The Labute approximate surface area is 156 Å². The zero-order valence-corrected chi connectivity index (χ0v) is 15.2. The van der Waals surface area contributed by atoms with Crippen LogP contribution in [0.1, 0.15) is 37.3 Å². The Morgan fingerprint density at radius 2 is 2.22 bits per heavy atom. The standard InChI is InChI=1S/C18H22N6O3/c1-23-9-8-18(7-6-17(23)26)10-14(13-4-2-3-5-15(13)27-18)20-16(25)11-24-12-19-21-22-24/h2-5,12,14H,6-11H2,1H3,(H,20,25)/t14-,18-/m1/s1. The molecule has 0 radical (unpaired) electrons. The van der Waals surface area contributed by atoms with Gasteiger partial charge in [-0.05, 0) is 22.9 Å². The van der Waals surface area contributed by atoms with Gasteiger partial charge in [-0.2, -0.15) is 0 Å². The predicted octanol–water partition coefficient (Wildman–Crippen LogP) is 0.694. The van der Waals surface area contributed by atoms with Gasteiger partial charge in [0.15, 0.2) is 0 Å². The minimum atomic E-state index is -0.457. The fraction of sp³-hybridized carbons (Fsp3) is 0.500. The van der Waals surface area contributed by atoms with Gasteiger partial charge in [-0.1, -0.05) is 18.2 Å². The molecule has 1 aromatic carbocycles. The second-order valence-electron chi connectivity index (χ2n) is 7.22. The van der Waals surface area contributed by atoms with E-state index in [1.807, 2.05) is 31.3 Å². The van der Waals surface area contributed by atoms with E-state index < -0.39 is 5.60 Å². The van der Waals surface area contributed by atoms with Gasteiger partial charge in [0.1, 0.15) is 24.2 Å². The molecule has 9 nitrogen and oxygen atoms in total. The monoisotopic (exact) mass is 370 g/mol. The van der Waals surface area contributed by atoms with Crippen molar-refractivity contribution >= 4 is 11.8 Å². The predicted molar refractivity (Wildman–Crippen MR) is 94.6 cm³/mol. The number of nitrogens with zero attached hydrogens (tertiary/aromatic N) is 5. The molecule has 2 aliphatic rings. The Morgan fingerprint density at radius 1 is 1.37 bits per heavy atom. The molecule has 2 aromatic rings. The van der Waals surface area contributed by atoms with E-state index in [1.165, 1.54) is 11.0 Å². The summed E-state index contributed by atoms with van der Waals surface area (Å²) in [7, 11) is 1.82. The highest BCUT2D eigenvalue weighted by atomic mass is 16.5. The summed E-state index contributed by atoms with van der Waals surface area (Å²) in [6.07, 6.45) is 3.87. The second-order valence-corrected chi connectivity index (χ2v) is 7.22. The van der Waals surface area contributed by atoms with Gasteiger partial charge in [0.25, 0.3) is 0 Å². The lowest BCUT2D eigenvalue weighted by atomic mass is 9.82. The number of carbonyl (C=O) groups excluding carboxylic acids is 2. The third kappa shape index (κ3) is 3.62. The number of fused-ring (bicyclic) bond motifs is 1. The summed E-state index contributed by atoms with van der Waals surface area (Å²) in [4.78, 5) is 26.4. The first-order valence-electron chi connectivity index (χ1n) is 9.07. The van der Waals surface area contributed by atoms with Gasteiger partial charge in [0, 0.05) is 38.4 Å². The number of rotatable bonds is 3. The van der Waals surface area contributed by atoms with Crippen LogP contribution in [0.3, 0.4) is 0 Å². The molecule has 4 rings (SSSR count). The first-order valence-corrected chi connectivity index (χ1v) is 9.07. The van der Waals surface area contributed by atoms with Crippen LogP contribution >= 0.6 is 0 Å². The summed E-state index contributed by atoms with van der Waals surface area (Å²) in [5.41, 5.74) is 0.499. The topological polar surface area (TPSA) is 102 Å². The van der Waals surface area contributed by atoms with Crippen LogP contribution in [0.15, 0.2) is 30.6 Å². The summed E-state index contributed by atoms with van der Waals surface area (Å²) >= 11 is 0. The molecule has 1 spiro atoms. The van der Waals surface area contributed by atoms with Crippen LogP contribution < -0.4 is 10.1 Å². The minimum Gasteiger partial charge on any atom is -0.487 e. The molecule has 0 saturated carbocycles. The number of nitrogens with one attached hydrogen (secondary N) is 1. The average Bonchev–Trinajstić information content (AvgIpc) is 3.12. The highest BCUT2D eigenvalue weighted by Gasteiger charge is 2.43. The Morgan fingerprint density at radius 3 is 3.04 bits per heavy atom. The van der Waals surface area contributed by atoms with Gasteiger partial charge in [-0.3, -0.25) is 9.59 Å². The van der Waals surface area contributed by atoms with Gasteiger partial charge >= 0.3 is 0 Å². The molecule has 1 saturated heterocycles. The van der Waals surface area contributed by atoms with Crippen LogP contribution in [-0.4, -0.2) is 56.1 Å². The van der Waals surface area contributed by atoms with Gasteiger partial charge < -0.3 is 15.0 Å². The zero-order chi connectivity index (χ0) is 18.9. The SMILES string of the molecule is CN1CC[C@]2(CCC1=O)C[C@@H](NC(=O)Cn1cnnn1)c1ccccc1O2. The Hall–Kier alpha value is -2.97. The summed E-state index contributed by atoms with van der Waals surface area (Å²) in [5.74, 6) is 0.739. The highest BCUT2D eigenvalue weighted by Crippen LogP contribution is 2.44. The Kier molecular flexibility index (Phi) is 4.51. The van der Waals surface area contributed by atoms with Crippen LogP contribution in [-0.2, 0) is 16.1 Å². The first-order chi connectivity index (χ1) is 13.0. The van der Waals surface area contributed by atoms with Crippen molar-refractivity contribution in [2.24, 2.45) is 0 Å². The molecular formula is C18H22N6O3. The molecule has 2 amide bonds. The van der Waals surface area contributed by atoms with Crippen molar-refractivity contribution in [1.82, 2.24) is 30.4 Å². The molecule has 2 atom stereocenters. The molecular weight excluding hydrogens is 348 g/mol. The molecule has 1 N–H and O–H groups in total. The largest absolute Gasteiger partial charge is 0.487 e. The van der Waals surface area contributed by atoms with Gasteiger partial charge in [0.2, 0.25) is 11.8 Å². The van der Waals surface area contributed by atoms with Crippen LogP contribution in [0, 0.1) is 0 Å². The third-order valence-corrected chi connectivity index (χ3v) is 5.35.